The molecule has 0 fully saturated rings. The van der Waals surface area contributed by atoms with Gasteiger partial charge in [-0.25, -0.2) is 9.78 Å². The monoisotopic (exact) mass is 297 g/mol. The van der Waals surface area contributed by atoms with E-state index in [2.05, 4.69) is 10.3 Å². The third-order valence-electron chi connectivity index (χ3n) is 2.55. The van der Waals surface area contributed by atoms with Crippen molar-refractivity contribution in [1.82, 2.24) is 4.98 Å². The molecular weight excluding hydrogens is 286 g/mol. The molecule has 0 aliphatic rings. The Bertz CT molecular complexity index is 615. The van der Waals surface area contributed by atoms with Gasteiger partial charge in [0.25, 0.3) is 0 Å². The Morgan fingerprint density at radius 3 is 2.89 bits per heavy atom. The SMILES string of the molecule is CC(Nc1cc(C(=O)O)c(N)cn1)c1ccc(Cl)s1. The molecule has 0 aromatic carbocycles. The average molecular weight is 298 g/mol. The molecule has 0 bridgehead atoms. The molecule has 5 nitrogen and oxygen atoms in total. The zero-order valence-electron chi connectivity index (χ0n) is 10.1. The number of anilines is 2. The van der Waals surface area contributed by atoms with E-state index in [1.807, 2.05) is 19.1 Å². The first-order valence-corrected chi connectivity index (χ1v) is 6.67. The van der Waals surface area contributed by atoms with Crippen molar-refractivity contribution in [3.8, 4) is 0 Å². The zero-order chi connectivity index (χ0) is 14.0. The van der Waals surface area contributed by atoms with Crippen LogP contribution in [0, 0.1) is 0 Å². The van der Waals surface area contributed by atoms with Crippen LogP contribution in [0.4, 0.5) is 11.5 Å². The van der Waals surface area contributed by atoms with Crippen molar-refractivity contribution in [3.63, 3.8) is 0 Å². The van der Waals surface area contributed by atoms with Crippen molar-refractivity contribution >= 4 is 40.4 Å². The Kier molecular flexibility index (Phi) is 3.92. The number of aromatic nitrogens is 1. The number of nitrogen functional groups attached to an aromatic ring is 1. The summed E-state index contributed by atoms with van der Waals surface area (Å²) in [6.45, 7) is 1.95. The summed E-state index contributed by atoms with van der Waals surface area (Å²) < 4.78 is 0.708. The minimum absolute atomic E-state index is 0.0183. The molecule has 2 rings (SSSR count). The molecule has 0 radical (unpaired) electrons. The molecule has 4 N–H and O–H groups in total. The molecular formula is C12H12ClN3O2S. The van der Waals surface area contributed by atoms with Crippen LogP contribution in [-0.2, 0) is 0 Å². The molecule has 100 valence electrons. The lowest BCUT2D eigenvalue weighted by Gasteiger charge is -2.13. The highest BCUT2D eigenvalue weighted by atomic mass is 35.5. The lowest BCUT2D eigenvalue weighted by molar-refractivity contribution is 0.0698. The van der Waals surface area contributed by atoms with Gasteiger partial charge in [-0.05, 0) is 25.1 Å². The topological polar surface area (TPSA) is 88.2 Å². The number of nitrogens with zero attached hydrogens (tertiary/aromatic N) is 1. The lowest BCUT2D eigenvalue weighted by atomic mass is 10.2. The van der Waals surface area contributed by atoms with E-state index >= 15 is 0 Å². The van der Waals surface area contributed by atoms with Gasteiger partial charge in [-0.3, -0.25) is 0 Å². The molecule has 2 aromatic heterocycles. The van der Waals surface area contributed by atoms with E-state index in [0.717, 1.165) is 4.88 Å². The third kappa shape index (κ3) is 3.15. The number of carboxylic acid groups (broad SMARTS) is 1. The van der Waals surface area contributed by atoms with Crippen LogP contribution >= 0.6 is 22.9 Å². The van der Waals surface area contributed by atoms with Gasteiger partial charge in [-0.2, -0.15) is 0 Å². The molecule has 0 saturated carbocycles. The number of pyridine rings is 1. The van der Waals surface area contributed by atoms with Gasteiger partial charge in [0.1, 0.15) is 5.82 Å². The van der Waals surface area contributed by atoms with Gasteiger partial charge in [0.15, 0.2) is 0 Å². The highest BCUT2D eigenvalue weighted by Gasteiger charge is 2.12. The summed E-state index contributed by atoms with van der Waals surface area (Å²) in [5.74, 6) is -0.613. The molecule has 0 aliphatic carbocycles. The van der Waals surface area contributed by atoms with Crippen molar-refractivity contribution < 1.29 is 9.90 Å². The molecule has 2 heterocycles. The van der Waals surface area contributed by atoms with Crippen molar-refractivity contribution in [2.45, 2.75) is 13.0 Å². The predicted molar refractivity (Wildman–Crippen MR) is 77.0 cm³/mol. The Labute approximate surface area is 119 Å². The van der Waals surface area contributed by atoms with Crippen molar-refractivity contribution in [3.05, 3.63) is 39.2 Å². The van der Waals surface area contributed by atoms with Crippen LogP contribution in [0.5, 0.6) is 0 Å². The van der Waals surface area contributed by atoms with Crippen LogP contribution in [-0.4, -0.2) is 16.1 Å². The summed E-state index contributed by atoms with van der Waals surface area (Å²) in [6, 6.07) is 5.14. The molecule has 1 atom stereocenters. The molecule has 0 aliphatic heterocycles. The summed E-state index contributed by atoms with van der Waals surface area (Å²) in [7, 11) is 0. The number of carboxylic acids is 1. The summed E-state index contributed by atoms with van der Waals surface area (Å²) in [5.41, 5.74) is 5.73. The van der Waals surface area contributed by atoms with Crippen LogP contribution in [0.3, 0.4) is 0 Å². The van der Waals surface area contributed by atoms with Gasteiger partial charge in [-0.15, -0.1) is 11.3 Å². The highest BCUT2D eigenvalue weighted by molar-refractivity contribution is 7.16. The van der Waals surface area contributed by atoms with Gasteiger partial charge >= 0.3 is 5.97 Å². The molecule has 0 spiro atoms. The number of halogens is 1. The number of aromatic carboxylic acids is 1. The number of carbonyl (C=O) groups is 1. The fraction of sp³-hybridized carbons (Fsp3) is 0.167. The van der Waals surface area contributed by atoms with Crippen molar-refractivity contribution in [2.75, 3.05) is 11.1 Å². The maximum atomic E-state index is 11.0. The third-order valence-corrected chi connectivity index (χ3v) is 3.96. The molecule has 19 heavy (non-hydrogen) atoms. The van der Waals surface area contributed by atoms with E-state index in [1.165, 1.54) is 23.6 Å². The van der Waals surface area contributed by atoms with Crippen LogP contribution in [0.15, 0.2) is 24.4 Å². The number of hydrogen-bond donors (Lipinski definition) is 3. The minimum atomic E-state index is -1.07. The largest absolute Gasteiger partial charge is 0.478 e. The zero-order valence-corrected chi connectivity index (χ0v) is 11.6. The number of hydrogen-bond acceptors (Lipinski definition) is 5. The Balaban J connectivity index is 2.19. The van der Waals surface area contributed by atoms with Gasteiger partial charge in [0.05, 0.1) is 27.8 Å². The maximum Gasteiger partial charge on any atom is 0.337 e. The van der Waals surface area contributed by atoms with Crippen LogP contribution in [0.1, 0.15) is 28.2 Å². The summed E-state index contributed by atoms with van der Waals surface area (Å²) in [6.07, 6.45) is 1.33. The summed E-state index contributed by atoms with van der Waals surface area (Å²) in [4.78, 5) is 16.1. The molecule has 1 unspecified atom stereocenters. The lowest BCUT2D eigenvalue weighted by Crippen LogP contribution is -2.09. The quantitative estimate of drug-likeness (QED) is 0.806. The van der Waals surface area contributed by atoms with E-state index < -0.39 is 5.97 Å². The highest BCUT2D eigenvalue weighted by Crippen LogP contribution is 2.29. The Morgan fingerprint density at radius 2 is 2.32 bits per heavy atom. The maximum absolute atomic E-state index is 11.0. The number of thiophene rings is 1. The molecule has 2 aromatic rings. The predicted octanol–water partition coefficient (Wildman–Crippen LogP) is 3.25. The average Bonchev–Trinajstić information content (AvgIpc) is 2.78. The number of nitrogens with one attached hydrogen (secondary N) is 1. The van der Waals surface area contributed by atoms with Crippen LogP contribution in [0.2, 0.25) is 4.34 Å². The van der Waals surface area contributed by atoms with Gasteiger partial charge in [-0.1, -0.05) is 11.6 Å². The second-order valence-electron chi connectivity index (χ2n) is 3.97. The molecule has 7 heteroatoms. The normalized spacial score (nSPS) is 12.1. The van der Waals surface area contributed by atoms with Gasteiger partial charge in [0.2, 0.25) is 0 Å². The first-order chi connectivity index (χ1) is 8.97. The molecule has 0 saturated heterocycles. The number of rotatable bonds is 4. The van der Waals surface area contributed by atoms with E-state index in [-0.39, 0.29) is 17.3 Å². The van der Waals surface area contributed by atoms with E-state index in [1.54, 1.807) is 0 Å². The van der Waals surface area contributed by atoms with Crippen molar-refractivity contribution in [2.24, 2.45) is 0 Å². The van der Waals surface area contributed by atoms with Crippen LogP contribution in [0.25, 0.3) is 0 Å². The van der Waals surface area contributed by atoms with Crippen LogP contribution < -0.4 is 11.1 Å². The standard InChI is InChI=1S/C12H12ClN3O2S/c1-6(9-2-3-10(13)19-9)16-11-4-7(12(17)18)8(14)5-15-11/h2-6H,14H2,1H3,(H,15,16)(H,17,18). The van der Waals surface area contributed by atoms with Crippen molar-refractivity contribution in [1.29, 1.82) is 0 Å². The van der Waals surface area contributed by atoms with E-state index in [0.29, 0.717) is 10.2 Å². The second kappa shape index (κ2) is 5.46. The fourth-order valence-corrected chi connectivity index (χ4v) is 2.65. The Morgan fingerprint density at radius 1 is 1.58 bits per heavy atom. The van der Waals surface area contributed by atoms with Gasteiger partial charge in [0, 0.05) is 4.88 Å². The molecule has 0 amide bonds. The van der Waals surface area contributed by atoms with E-state index in [9.17, 15) is 4.79 Å². The Hall–Kier alpha value is -1.79. The first kappa shape index (κ1) is 13.6. The smallest absolute Gasteiger partial charge is 0.337 e. The summed E-state index contributed by atoms with van der Waals surface area (Å²) >= 11 is 7.34. The van der Waals surface area contributed by atoms with Gasteiger partial charge < -0.3 is 16.2 Å². The number of nitrogens with two attached hydrogens (primary N) is 1. The van der Waals surface area contributed by atoms with E-state index in [4.69, 9.17) is 22.4 Å². The summed E-state index contributed by atoms with van der Waals surface area (Å²) in [5, 5.41) is 12.1. The minimum Gasteiger partial charge on any atom is -0.478 e. The first-order valence-electron chi connectivity index (χ1n) is 5.48. The fourth-order valence-electron chi connectivity index (χ4n) is 1.58. The second-order valence-corrected chi connectivity index (χ2v) is 5.72.